The van der Waals surface area contributed by atoms with Gasteiger partial charge in [0.15, 0.2) is 0 Å². The molecule has 1 aromatic carbocycles. The summed E-state index contributed by atoms with van der Waals surface area (Å²) in [6.45, 7) is 13.3. The van der Waals surface area contributed by atoms with Crippen molar-refractivity contribution in [2.45, 2.75) is 69.7 Å². The maximum atomic E-state index is 14.5. The predicted octanol–water partition coefficient (Wildman–Crippen LogP) is 4.15. The molecule has 7 atom stereocenters. The summed E-state index contributed by atoms with van der Waals surface area (Å²) in [5, 5.41) is 10.8. The minimum atomic E-state index is -1.23. The Balaban J connectivity index is 1.80. The van der Waals surface area contributed by atoms with Crippen LogP contribution in [0.5, 0.6) is 0 Å². The average Bonchev–Trinajstić information content (AvgIpc) is 3.43. The maximum absolute atomic E-state index is 14.5. The van der Waals surface area contributed by atoms with Crippen LogP contribution in [0.3, 0.4) is 0 Å². The van der Waals surface area contributed by atoms with E-state index in [1.807, 2.05) is 20.8 Å². The molecule has 2 bridgehead atoms. The number of rotatable bonds is 12. The van der Waals surface area contributed by atoms with Crippen molar-refractivity contribution < 1.29 is 29.0 Å². The molecule has 0 aromatic heterocycles. The molecule has 1 aromatic rings. The lowest BCUT2D eigenvalue weighted by Crippen LogP contribution is -2.59. The highest BCUT2D eigenvalue weighted by atomic mass is 35.5. The number of aliphatic hydroxyl groups excluding tert-OH is 1. The van der Waals surface area contributed by atoms with Gasteiger partial charge < -0.3 is 24.4 Å². The van der Waals surface area contributed by atoms with E-state index in [1.54, 1.807) is 41.3 Å². The lowest BCUT2D eigenvalue weighted by molar-refractivity contribution is -0.162. The standard InChI is InChI=1S/C30H39ClN2O6/c1-6-9-10-16-38-28(37)24-23-26(35)33(21(8-3)18-34)25(30(23)17-19(4)29(24,5)39-30)27(36)32(15-7-2)22-13-11-20(31)12-14-22/h6-7,11-14,19,21,23-25,34H,1-2,8-10,15-18H2,3-5H3/t19?,21-,23-,24-,25?,29+,30?/m0/s1. The van der Waals surface area contributed by atoms with Crippen molar-refractivity contribution in [1.82, 2.24) is 4.90 Å². The second kappa shape index (κ2) is 11.4. The molecule has 9 heteroatoms. The third kappa shape index (κ3) is 4.70. The van der Waals surface area contributed by atoms with E-state index in [1.165, 1.54) is 4.90 Å². The predicted molar refractivity (Wildman–Crippen MR) is 149 cm³/mol. The van der Waals surface area contributed by atoms with Crippen LogP contribution in [0, 0.1) is 17.8 Å². The van der Waals surface area contributed by atoms with Crippen LogP contribution in [0.2, 0.25) is 5.02 Å². The zero-order valence-corrected chi connectivity index (χ0v) is 23.7. The number of carbonyl (C=O) groups excluding carboxylic acids is 3. The number of hydrogen-bond acceptors (Lipinski definition) is 6. The Morgan fingerprint density at radius 1 is 1.31 bits per heavy atom. The number of benzene rings is 1. The van der Waals surface area contributed by atoms with Crippen molar-refractivity contribution in [3.05, 3.63) is 54.6 Å². The molecule has 0 radical (unpaired) electrons. The molecule has 3 unspecified atom stereocenters. The SMILES string of the molecule is C=CCCCOC(=O)[C@@H]1[C@H]2C(=O)N([C@@H](CC)CO)C(C(=O)N(CC=C)c3ccc(Cl)cc3)C23CC(C)[C@@]1(C)O3. The number of ether oxygens (including phenoxy) is 2. The minimum Gasteiger partial charge on any atom is -0.465 e. The molecule has 212 valence electrons. The summed E-state index contributed by atoms with van der Waals surface area (Å²) < 4.78 is 12.4. The minimum absolute atomic E-state index is 0.111. The Hall–Kier alpha value is -2.68. The van der Waals surface area contributed by atoms with Crippen LogP contribution in [-0.4, -0.2) is 70.8 Å². The Kier molecular flexibility index (Phi) is 8.59. The number of aliphatic hydroxyl groups is 1. The summed E-state index contributed by atoms with van der Waals surface area (Å²) in [7, 11) is 0. The monoisotopic (exact) mass is 558 g/mol. The first-order chi connectivity index (χ1) is 18.6. The zero-order chi connectivity index (χ0) is 28.5. The third-order valence-electron chi connectivity index (χ3n) is 8.83. The van der Waals surface area contributed by atoms with Crippen molar-refractivity contribution in [2.24, 2.45) is 17.8 Å². The highest BCUT2D eigenvalue weighted by Crippen LogP contribution is 2.65. The molecule has 3 heterocycles. The zero-order valence-electron chi connectivity index (χ0n) is 23.0. The van der Waals surface area contributed by atoms with Gasteiger partial charge >= 0.3 is 5.97 Å². The average molecular weight is 559 g/mol. The third-order valence-corrected chi connectivity index (χ3v) is 9.08. The molecule has 8 nitrogen and oxygen atoms in total. The number of hydrogen-bond donors (Lipinski definition) is 1. The quantitative estimate of drug-likeness (QED) is 0.235. The Bertz CT molecular complexity index is 1120. The molecular weight excluding hydrogens is 520 g/mol. The number of allylic oxidation sites excluding steroid dienone is 1. The lowest BCUT2D eigenvalue weighted by atomic mass is 9.62. The van der Waals surface area contributed by atoms with Gasteiger partial charge in [0.1, 0.15) is 17.6 Å². The molecule has 39 heavy (non-hydrogen) atoms. The Labute approximate surface area is 235 Å². The smallest absolute Gasteiger partial charge is 0.312 e. The van der Waals surface area contributed by atoms with E-state index in [9.17, 15) is 19.5 Å². The van der Waals surface area contributed by atoms with Gasteiger partial charge in [0, 0.05) is 17.3 Å². The van der Waals surface area contributed by atoms with Gasteiger partial charge in [-0.25, -0.2) is 0 Å². The number of likely N-dealkylation sites (tertiary alicyclic amines) is 1. The van der Waals surface area contributed by atoms with Crippen LogP contribution in [0.1, 0.15) is 46.5 Å². The van der Waals surface area contributed by atoms with E-state index in [2.05, 4.69) is 13.2 Å². The van der Waals surface area contributed by atoms with Crippen LogP contribution < -0.4 is 4.90 Å². The van der Waals surface area contributed by atoms with Crippen molar-refractivity contribution in [3.8, 4) is 0 Å². The lowest BCUT2D eigenvalue weighted by Gasteiger charge is -2.39. The second-order valence-corrected chi connectivity index (χ2v) is 11.4. The van der Waals surface area contributed by atoms with E-state index in [0.29, 0.717) is 36.4 Å². The van der Waals surface area contributed by atoms with Crippen molar-refractivity contribution >= 4 is 35.1 Å². The van der Waals surface area contributed by atoms with E-state index < -0.39 is 41.1 Å². The second-order valence-electron chi connectivity index (χ2n) is 11.0. The summed E-state index contributed by atoms with van der Waals surface area (Å²) in [6.07, 6.45) is 5.57. The van der Waals surface area contributed by atoms with E-state index >= 15 is 0 Å². The molecule has 3 aliphatic rings. The molecule has 1 N–H and O–H groups in total. The molecule has 3 fully saturated rings. The Morgan fingerprint density at radius 2 is 2.00 bits per heavy atom. The number of carbonyl (C=O) groups is 3. The fraction of sp³-hybridized carbons (Fsp3) is 0.567. The van der Waals surface area contributed by atoms with Crippen LogP contribution in [0.25, 0.3) is 0 Å². The normalized spacial score (nSPS) is 31.6. The first-order valence-corrected chi connectivity index (χ1v) is 14.1. The summed E-state index contributed by atoms with van der Waals surface area (Å²) in [6, 6.07) is 5.22. The van der Waals surface area contributed by atoms with Gasteiger partial charge in [-0.2, -0.15) is 0 Å². The number of fused-ring (bicyclic) bond motifs is 1. The molecular formula is C30H39ClN2O6. The molecule has 1 spiro atoms. The number of amides is 2. The number of nitrogens with zero attached hydrogens (tertiary/aromatic N) is 2. The van der Waals surface area contributed by atoms with Gasteiger partial charge in [-0.05, 0) is 62.8 Å². The fourth-order valence-corrected chi connectivity index (χ4v) is 6.96. The van der Waals surface area contributed by atoms with E-state index in [4.69, 9.17) is 21.1 Å². The highest BCUT2D eigenvalue weighted by molar-refractivity contribution is 6.30. The van der Waals surface area contributed by atoms with Gasteiger partial charge in [0.05, 0.1) is 30.8 Å². The first-order valence-electron chi connectivity index (χ1n) is 13.7. The van der Waals surface area contributed by atoms with Crippen molar-refractivity contribution in [1.29, 1.82) is 0 Å². The van der Waals surface area contributed by atoms with E-state index in [-0.39, 0.29) is 37.5 Å². The van der Waals surface area contributed by atoms with Crippen molar-refractivity contribution in [3.63, 3.8) is 0 Å². The Morgan fingerprint density at radius 3 is 2.59 bits per heavy atom. The first kappa shape index (κ1) is 29.3. The van der Waals surface area contributed by atoms with Gasteiger partial charge in [0.2, 0.25) is 5.91 Å². The molecule has 2 amide bonds. The van der Waals surface area contributed by atoms with Crippen LogP contribution in [-0.2, 0) is 23.9 Å². The number of unbranched alkanes of at least 4 members (excludes halogenated alkanes) is 1. The summed E-state index contributed by atoms with van der Waals surface area (Å²) in [5.41, 5.74) is -1.61. The van der Waals surface area contributed by atoms with Crippen LogP contribution >= 0.6 is 11.6 Å². The number of halogens is 1. The van der Waals surface area contributed by atoms with Gasteiger partial charge in [0.25, 0.3) is 5.91 Å². The van der Waals surface area contributed by atoms with Gasteiger partial charge in [-0.3, -0.25) is 14.4 Å². The molecule has 3 saturated heterocycles. The number of anilines is 1. The fourth-order valence-electron chi connectivity index (χ4n) is 6.83. The highest BCUT2D eigenvalue weighted by Gasteiger charge is 2.80. The summed E-state index contributed by atoms with van der Waals surface area (Å²) in [5.74, 6) is -3.06. The van der Waals surface area contributed by atoms with Gasteiger partial charge in [-0.1, -0.05) is 37.6 Å². The van der Waals surface area contributed by atoms with Gasteiger partial charge in [-0.15, -0.1) is 13.2 Å². The number of esters is 1. The molecule has 0 aliphatic carbocycles. The molecule has 0 saturated carbocycles. The van der Waals surface area contributed by atoms with Crippen molar-refractivity contribution in [2.75, 3.05) is 24.7 Å². The van der Waals surface area contributed by atoms with Crippen LogP contribution in [0.4, 0.5) is 5.69 Å². The molecule has 4 rings (SSSR count). The summed E-state index contributed by atoms with van der Waals surface area (Å²) in [4.78, 5) is 45.4. The topological polar surface area (TPSA) is 96.4 Å². The largest absolute Gasteiger partial charge is 0.465 e. The maximum Gasteiger partial charge on any atom is 0.312 e. The van der Waals surface area contributed by atoms with Crippen LogP contribution in [0.15, 0.2) is 49.6 Å². The molecule has 3 aliphatic heterocycles. The summed E-state index contributed by atoms with van der Waals surface area (Å²) >= 11 is 6.10. The van der Waals surface area contributed by atoms with E-state index in [0.717, 1.165) is 0 Å².